The summed E-state index contributed by atoms with van der Waals surface area (Å²) in [5.41, 5.74) is 9.35. The lowest BCUT2D eigenvalue weighted by Gasteiger charge is -2.22. The first kappa shape index (κ1) is 22.1. The Morgan fingerprint density at radius 1 is 0.758 bits per heavy atom. The minimum Gasteiger partial charge on any atom is -0.232 e. The van der Waals surface area contributed by atoms with Crippen LogP contribution in [0.15, 0.2) is 42.5 Å². The van der Waals surface area contributed by atoms with Gasteiger partial charge < -0.3 is 0 Å². The standard InChI is InChI=1S/C31H36N2/c1-18(2)23-16-22-14-15-26-29(25-13-9-11-21-10-7-8-12-24(21)25)32-31(20(5)6)33-30(26)28(22)27(17-23)19(3)4/h9,11,13-20H,7-8,10,12H2,1-6H3. The van der Waals surface area contributed by atoms with E-state index >= 15 is 0 Å². The summed E-state index contributed by atoms with van der Waals surface area (Å²) in [5.74, 6) is 2.16. The van der Waals surface area contributed by atoms with Gasteiger partial charge in [0.25, 0.3) is 0 Å². The molecule has 2 heteroatoms. The van der Waals surface area contributed by atoms with Crippen molar-refractivity contribution in [1.82, 2.24) is 9.97 Å². The van der Waals surface area contributed by atoms with E-state index in [9.17, 15) is 0 Å². The van der Waals surface area contributed by atoms with E-state index in [1.807, 2.05) is 0 Å². The molecule has 5 rings (SSSR count). The highest BCUT2D eigenvalue weighted by atomic mass is 14.9. The Morgan fingerprint density at radius 3 is 2.27 bits per heavy atom. The summed E-state index contributed by atoms with van der Waals surface area (Å²) in [6, 6.07) is 16.2. The van der Waals surface area contributed by atoms with E-state index in [0.29, 0.717) is 11.8 Å². The number of hydrogen-bond donors (Lipinski definition) is 0. The van der Waals surface area contributed by atoms with E-state index in [1.54, 1.807) is 0 Å². The van der Waals surface area contributed by atoms with Gasteiger partial charge in [-0.3, -0.25) is 0 Å². The van der Waals surface area contributed by atoms with Crippen molar-refractivity contribution in [3.05, 3.63) is 70.5 Å². The van der Waals surface area contributed by atoms with Crippen molar-refractivity contribution < 1.29 is 0 Å². The molecule has 0 spiro atoms. The average Bonchev–Trinajstić information content (AvgIpc) is 2.81. The molecule has 0 radical (unpaired) electrons. The summed E-state index contributed by atoms with van der Waals surface area (Å²) < 4.78 is 0. The molecule has 4 aromatic rings. The number of aromatic nitrogens is 2. The second kappa shape index (κ2) is 8.56. The number of hydrogen-bond acceptors (Lipinski definition) is 2. The van der Waals surface area contributed by atoms with Gasteiger partial charge in [0, 0.05) is 22.3 Å². The van der Waals surface area contributed by atoms with Crippen LogP contribution in [0, 0.1) is 0 Å². The summed E-state index contributed by atoms with van der Waals surface area (Å²) in [4.78, 5) is 10.4. The molecule has 1 aliphatic rings. The molecule has 0 amide bonds. The van der Waals surface area contributed by atoms with Crippen LogP contribution in [-0.4, -0.2) is 9.97 Å². The predicted molar refractivity (Wildman–Crippen MR) is 141 cm³/mol. The van der Waals surface area contributed by atoms with Crippen molar-refractivity contribution in [2.75, 3.05) is 0 Å². The molecule has 1 aromatic heterocycles. The Bertz CT molecular complexity index is 1340. The first-order chi connectivity index (χ1) is 15.8. The third kappa shape index (κ3) is 3.84. The fourth-order valence-corrected chi connectivity index (χ4v) is 5.38. The number of aryl methyl sites for hydroxylation is 1. The predicted octanol–water partition coefficient (Wildman–Crippen LogP) is 8.70. The zero-order chi connectivity index (χ0) is 23.3. The fourth-order valence-electron chi connectivity index (χ4n) is 5.38. The average molecular weight is 437 g/mol. The minimum absolute atomic E-state index is 0.278. The molecule has 0 unspecified atom stereocenters. The van der Waals surface area contributed by atoms with Gasteiger partial charge in [-0.15, -0.1) is 0 Å². The van der Waals surface area contributed by atoms with Gasteiger partial charge in [0.1, 0.15) is 5.82 Å². The van der Waals surface area contributed by atoms with Gasteiger partial charge >= 0.3 is 0 Å². The van der Waals surface area contributed by atoms with E-state index in [0.717, 1.165) is 23.5 Å². The molecule has 0 fully saturated rings. The van der Waals surface area contributed by atoms with Gasteiger partial charge in [-0.2, -0.15) is 0 Å². The molecule has 1 aliphatic carbocycles. The molecule has 0 aliphatic heterocycles. The van der Waals surface area contributed by atoms with Crippen LogP contribution in [0.25, 0.3) is 32.9 Å². The number of nitrogens with zero attached hydrogens (tertiary/aromatic N) is 2. The summed E-state index contributed by atoms with van der Waals surface area (Å²) in [6.07, 6.45) is 4.89. The Kier molecular flexibility index (Phi) is 5.72. The van der Waals surface area contributed by atoms with E-state index in [4.69, 9.17) is 9.97 Å². The highest BCUT2D eigenvalue weighted by Gasteiger charge is 2.21. The highest BCUT2D eigenvalue weighted by molar-refractivity contribution is 6.11. The second-order valence-electron chi connectivity index (χ2n) is 10.7. The Morgan fingerprint density at radius 2 is 1.55 bits per heavy atom. The van der Waals surface area contributed by atoms with Crippen molar-refractivity contribution in [3.63, 3.8) is 0 Å². The van der Waals surface area contributed by atoms with Crippen molar-refractivity contribution in [1.29, 1.82) is 0 Å². The molecule has 1 heterocycles. The second-order valence-corrected chi connectivity index (χ2v) is 10.7. The summed E-state index contributed by atoms with van der Waals surface area (Å²) >= 11 is 0. The quantitative estimate of drug-likeness (QED) is 0.299. The maximum absolute atomic E-state index is 5.21. The van der Waals surface area contributed by atoms with E-state index in [-0.39, 0.29) is 5.92 Å². The zero-order valence-corrected chi connectivity index (χ0v) is 21.0. The van der Waals surface area contributed by atoms with Crippen LogP contribution in [0.2, 0.25) is 0 Å². The fraction of sp³-hybridized carbons (Fsp3) is 0.419. The van der Waals surface area contributed by atoms with E-state index in [1.165, 1.54) is 63.2 Å². The monoisotopic (exact) mass is 436 g/mol. The number of rotatable bonds is 4. The van der Waals surface area contributed by atoms with Gasteiger partial charge in [-0.05, 0) is 71.2 Å². The van der Waals surface area contributed by atoms with Crippen LogP contribution in [0.4, 0.5) is 0 Å². The number of fused-ring (bicyclic) bond motifs is 4. The summed E-state index contributed by atoms with van der Waals surface area (Å²) in [7, 11) is 0. The maximum Gasteiger partial charge on any atom is 0.132 e. The molecular weight excluding hydrogens is 400 g/mol. The molecule has 0 atom stereocenters. The van der Waals surface area contributed by atoms with Gasteiger partial charge in [0.2, 0.25) is 0 Å². The lowest BCUT2D eigenvalue weighted by atomic mass is 9.85. The highest BCUT2D eigenvalue weighted by Crippen LogP contribution is 2.39. The normalized spacial score (nSPS) is 14.1. The number of benzene rings is 3. The molecule has 0 saturated carbocycles. The van der Waals surface area contributed by atoms with Gasteiger partial charge in [0.05, 0.1) is 11.2 Å². The molecule has 0 saturated heterocycles. The molecular formula is C31H36N2. The molecule has 0 bridgehead atoms. The van der Waals surface area contributed by atoms with Crippen LogP contribution in [-0.2, 0) is 12.8 Å². The molecule has 0 N–H and O–H groups in total. The minimum atomic E-state index is 0.278. The first-order valence-corrected chi connectivity index (χ1v) is 12.7. The van der Waals surface area contributed by atoms with Crippen LogP contribution in [0.1, 0.15) is 100 Å². The Balaban J connectivity index is 1.90. The molecule has 2 nitrogen and oxygen atoms in total. The van der Waals surface area contributed by atoms with Crippen molar-refractivity contribution >= 4 is 21.7 Å². The Labute approximate surface area is 198 Å². The van der Waals surface area contributed by atoms with Gasteiger partial charge in [-0.1, -0.05) is 77.9 Å². The zero-order valence-electron chi connectivity index (χ0n) is 21.0. The van der Waals surface area contributed by atoms with Crippen LogP contribution < -0.4 is 0 Å². The summed E-state index contributed by atoms with van der Waals surface area (Å²) in [6.45, 7) is 13.6. The maximum atomic E-state index is 5.21. The topological polar surface area (TPSA) is 25.8 Å². The van der Waals surface area contributed by atoms with Crippen molar-refractivity contribution in [3.8, 4) is 11.3 Å². The Hall–Kier alpha value is -2.74. The third-order valence-corrected chi connectivity index (χ3v) is 7.31. The van der Waals surface area contributed by atoms with Crippen LogP contribution >= 0.6 is 0 Å². The van der Waals surface area contributed by atoms with Gasteiger partial charge in [-0.25, -0.2) is 9.97 Å². The summed E-state index contributed by atoms with van der Waals surface area (Å²) in [5, 5.41) is 3.79. The lowest BCUT2D eigenvalue weighted by molar-refractivity contribution is 0.686. The molecule has 3 aromatic carbocycles. The molecule has 170 valence electrons. The van der Waals surface area contributed by atoms with Gasteiger partial charge in [0.15, 0.2) is 0 Å². The van der Waals surface area contributed by atoms with Crippen molar-refractivity contribution in [2.45, 2.75) is 85.0 Å². The third-order valence-electron chi connectivity index (χ3n) is 7.31. The SMILES string of the molecule is CC(C)c1cc(C(C)C)c2c(ccc3c(-c4cccc5c4CCCC5)nc(C(C)C)nc32)c1. The van der Waals surface area contributed by atoms with E-state index in [2.05, 4.69) is 84.0 Å². The first-order valence-electron chi connectivity index (χ1n) is 12.7. The van der Waals surface area contributed by atoms with Crippen molar-refractivity contribution in [2.24, 2.45) is 0 Å². The lowest BCUT2D eigenvalue weighted by Crippen LogP contribution is -2.07. The van der Waals surface area contributed by atoms with Crippen LogP contribution in [0.5, 0.6) is 0 Å². The van der Waals surface area contributed by atoms with E-state index < -0.39 is 0 Å². The largest absolute Gasteiger partial charge is 0.232 e. The molecule has 33 heavy (non-hydrogen) atoms. The van der Waals surface area contributed by atoms with Crippen LogP contribution in [0.3, 0.4) is 0 Å². The smallest absolute Gasteiger partial charge is 0.132 e.